The van der Waals surface area contributed by atoms with Crippen LogP contribution in [0.25, 0.3) is 67.5 Å². The third-order valence-electron chi connectivity index (χ3n) is 7.34. The topological polar surface area (TPSA) is 38.7 Å². The highest BCUT2D eigenvalue weighted by molar-refractivity contribution is 5.75. The summed E-state index contributed by atoms with van der Waals surface area (Å²) in [6.07, 6.45) is 0. The fourth-order valence-electron chi connectivity index (χ4n) is 5.14. The van der Waals surface area contributed by atoms with Crippen LogP contribution in [0, 0.1) is 0 Å². The van der Waals surface area contributed by atoms with Crippen molar-refractivity contribution in [3.05, 3.63) is 164 Å². The highest BCUT2D eigenvalue weighted by Crippen LogP contribution is 2.30. The van der Waals surface area contributed by atoms with Gasteiger partial charge in [-0.25, -0.2) is 15.0 Å². The molecule has 0 aliphatic heterocycles. The Bertz CT molecular complexity index is 1850. The van der Waals surface area contributed by atoms with E-state index < -0.39 is 0 Å². The highest BCUT2D eigenvalue weighted by Gasteiger charge is 2.14. The summed E-state index contributed by atoms with van der Waals surface area (Å²) in [5.74, 6) is 1.93. The molecular weight excluding hydrogens is 510 g/mol. The van der Waals surface area contributed by atoms with Crippen LogP contribution in [0.2, 0.25) is 0 Å². The molecule has 0 aliphatic rings. The summed E-state index contributed by atoms with van der Waals surface area (Å²) >= 11 is 0. The summed E-state index contributed by atoms with van der Waals surface area (Å²) in [6.45, 7) is 0. The molecule has 0 atom stereocenters. The molecule has 0 saturated carbocycles. The Labute approximate surface area is 245 Å². The van der Waals surface area contributed by atoms with Crippen molar-refractivity contribution in [3.8, 4) is 67.5 Å². The third kappa shape index (κ3) is 5.36. The Balaban J connectivity index is 1.35. The van der Waals surface area contributed by atoms with Gasteiger partial charge >= 0.3 is 0 Å². The van der Waals surface area contributed by atoms with E-state index in [0.29, 0.717) is 17.5 Å². The van der Waals surface area contributed by atoms with E-state index in [0.717, 1.165) is 44.5 Å². The molecule has 7 aromatic rings. The number of hydrogen-bond donors (Lipinski definition) is 0. The SMILES string of the molecule is c1ccc(-c2ccc(-c3nc(-c4cccc(-c5ccccc5)c4)nc(-c4cccc(-c5ccccc5)c4)n3)cc2)cc1. The predicted molar refractivity (Wildman–Crippen MR) is 172 cm³/mol. The van der Waals surface area contributed by atoms with E-state index in [-0.39, 0.29) is 0 Å². The van der Waals surface area contributed by atoms with Gasteiger partial charge in [0.25, 0.3) is 0 Å². The maximum Gasteiger partial charge on any atom is 0.164 e. The molecule has 0 fully saturated rings. The summed E-state index contributed by atoms with van der Waals surface area (Å²) in [5.41, 5.74) is 9.71. The minimum atomic E-state index is 0.643. The Hall–Kier alpha value is -5.67. The molecule has 1 aromatic heterocycles. The fourth-order valence-corrected chi connectivity index (χ4v) is 5.14. The Kier molecular flexibility index (Phi) is 6.89. The smallest absolute Gasteiger partial charge is 0.164 e. The van der Waals surface area contributed by atoms with Crippen molar-refractivity contribution in [1.82, 2.24) is 15.0 Å². The molecule has 198 valence electrons. The van der Waals surface area contributed by atoms with Gasteiger partial charge in [0.15, 0.2) is 17.5 Å². The molecule has 42 heavy (non-hydrogen) atoms. The molecule has 0 N–H and O–H groups in total. The van der Waals surface area contributed by atoms with Gasteiger partial charge in [-0.15, -0.1) is 0 Å². The molecule has 7 rings (SSSR count). The van der Waals surface area contributed by atoms with Crippen molar-refractivity contribution in [1.29, 1.82) is 0 Å². The van der Waals surface area contributed by atoms with E-state index in [1.165, 1.54) is 5.56 Å². The summed E-state index contributed by atoms with van der Waals surface area (Å²) in [7, 11) is 0. The Morgan fingerprint density at radius 1 is 0.214 bits per heavy atom. The molecule has 1 heterocycles. The quantitative estimate of drug-likeness (QED) is 0.212. The Morgan fingerprint density at radius 3 is 0.929 bits per heavy atom. The molecule has 3 nitrogen and oxygen atoms in total. The van der Waals surface area contributed by atoms with E-state index in [4.69, 9.17) is 15.0 Å². The van der Waals surface area contributed by atoms with Crippen LogP contribution >= 0.6 is 0 Å². The number of nitrogens with zero attached hydrogens (tertiary/aromatic N) is 3. The fraction of sp³-hybridized carbons (Fsp3) is 0. The van der Waals surface area contributed by atoms with Crippen molar-refractivity contribution in [2.45, 2.75) is 0 Å². The average molecular weight is 538 g/mol. The molecule has 0 radical (unpaired) electrons. The lowest BCUT2D eigenvalue weighted by atomic mass is 10.0. The summed E-state index contributed by atoms with van der Waals surface area (Å²) < 4.78 is 0. The van der Waals surface area contributed by atoms with Gasteiger partial charge in [-0.1, -0.05) is 152 Å². The van der Waals surface area contributed by atoms with Gasteiger partial charge in [-0.05, 0) is 45.5 Å². The van der Waals surface area contributed by atoms with E-state index in [1.807, 2.05) is 18.2 Å². The van der Waals surface area contributed by atoms with Crippen LogP contribution in [0.3, 0.4) is 0 Å². The maximum atomic E-state index is 5.01. The zero-order valence-electron chi connectivity index (χ0n) is 22.9. The first kappa shape index (κ1) is 25.3. The molecule has 0 bridgehead atoms. The summed E-state index contributed by atoms with van der Waals surface area (Å²) in [5, 5.41) is 0. The van der Waals surface area contributed by atoms with E-state index in [9.17, 15) is 0 Å². The first-order valence-corrected chi connectivity index (χ1v) is 14.0. The second-order valence-electron chi connectivity index (χ2n) is 10.1. The number of aromatic nitrogens is 3. The number of benzene rings is 6. The van der Waals surface area contributed by atoms with E-state index in [1.54, 1.807) is 0 Å². The molecule has 0 spiro atoms. The summed E-state index contributed by atoms with van der Waals surface area (Å²) in [4.78, 5) is 15.0. The van der Waals surface area contributed by atoms with Gasteiger partial charge in [0.05, 0.1) is 0 Å². The largest absolute Gasteiger partial charge is 0.208 e. The molecule has 0 saturated heterocycles. The van der Waals surface area contributed by atoms with E-state index in [2.05, 4.69) is 146 Å². The predicted octanol–water partition coefficient (Wildman–Crippen LogP) is 9.87. The highest BCUT2D eigenvalue weighted by atomic mass is 15.0. The van der Waals surface area contributed by atoms with Crippen LogP contribution < -0.4 is 0 Å². The first-order chi connectivity index (χ1) is 20.8. The normalized spacial score (nSPS) is 10.9. The van der Waals surface area contributed by atoms with Gasteiger partial charge < -0.3 is 0 Å². The van der Waals surface area contributed by atoms with Crippen LogP contribution in [0.15, 0.2) is 164 Å². The van der Waals surface area contributed by atoms with Crippen molar-refractivity contribution in [2.75, 3.05) is 0 Å². The first-order valence-electron chi connectivity index (χ1n) is 14.0. The lowest BCUT2D eigenvalue weighted by Crippen LogP contribution is -2.00. The average Bonchev–Trinajstić information content (AvgIpc) is 3.09. The van der Waals surface area contributed by atoms with Crippen molar-refractivity contribution >= 4 is 0 Å². The van der Waals surface area contributed by atoms with E-state index >= 15 is 0 Å². The van der Waals surface area contributed by atoms with Crippen molar-refractivity contribution < 1.29 is 0 Å². The maximum absolute atomic E-state index is 5.01. The van der Waals surface area contributed by atoms with Gasteiger partial charge in [-0.2, -0.15) is 0 Å². The van der Waals surface area contributed by atoms with Crippen LogP contribution in [-0.2, 0) is 0 Å². The third-order valence-corrected chi connectivity index (χ3v) is 7.34. The zero-order valence-corrected chi connectivity index (χ0v) is 22.9. The molecule has 0 amide bonds. The molecule has 3 heteroatoms. The number of hydrogen-bond acceptors (Lipinski definition) is 3. The van der Waals surface area contributed by atoms with Crippen molar-refractivity contribution in [2.24, 2.45) is 0 Å². The second-order valence-corrected chi connectivity index (χ2v) is 10.1. The minimum absolute atomic E-state index is 0.643. The van der Waals surface area contributed by atoms with Gasteiger partial charge in [-0.3, -0.25) is 0 Å². The van der Waals surface area contributed by atoms with Crippen LogP contribution in [-0.4, -0.2) is 15.0 Å². The lowest BCUT2D eigenvalue weighted by Gasteiger charge is -2.11. The van der Waals surface area contributed by atoms with Crippen molar-refractivity contribution in [3.63, 3.8) is 0 Å². The minimum Gasteiger partial charge on any atom is -0.208 e. The van der Waals surface area contributed by atoms with Crippen LogP contribution in [0.4, 0.5) is 0 Å². The summed E-state index contributed by atoms with van der Waals surface area (Å²) in [6, 6.07) is 56.4. The van der Waals surface area contributed by atoms with Crippen LogP contribution in [0.1, 0.15) is 0 Å². The van der Waals surface area contributed by atoms with Gasteiger partial charge in [0.2, 0.25) is 0 Å². The standard InChI is InChI=1S/C39H27N3/c1-4-12-28(13-5-1)31-22-24-32(25-23-31)37-40-38(35-20-10-18-33(26-35)29-14-6-2-7-15-29)42-39(41-37)36-21-11-19-34(27-36)30-16-8-3-9-17-30/h1-27H. The lowest BCUT2D eigenvalue weighted by molar-refractivity contribution is 1.07. The monoisotopic (exact) mass is 537 g/mol. The molecule has 0 aliphatic carbocycles. The zero-order chi connectivity index (χ0) is 28.1. The van der Waals surface area contributed by atoms with Gasteiger partial charge in [0, 0.05) is 16.7 Å². The van der Waals surface area contributed by atoms with Crippen LogP contribution in [0.5, 0.6) is 0 Å². The number of rotatable bonds is 6. The Morgan fingerprint density at radius 2 is 0.500 bits per heavy atom. The molecular formula is C39H27N3. The molecule has 0 unspecified atom stereocenters. The molecule has 6 aromatic carbocycles. The van der Waals surface area contributed by atoms with Gasteiger partial charge in [0.1, 0.15) is 0 Å². The second kappa shape index (κ2) is 11.4.